The molecular formula is C17H20N2O3S. The number of hydrogen-bond acceptors (Lipinski definition) is 3. The molecule has 0 bridgehead atoms. The second-order valence-corrected chi connectivity index (χ2v) is 7.23. The molecule has 0 spiro atoms. The van der Waals surface area contributed by atoms with Crippen molar-refractivity contribution >= 4 is 21.6 Å². The van der Waals surface area contributed by atoms with Crippen LogP contribution < -0.4 is 10.0 Å². The van der Waals surface area contributed by atoms with Crippen molar-refractivity contribution < 1.29 is 13.2 Å². The molecule has 0 saturated carbocycles. The Labute approximate surface area is 136 Å². The van der Waals surface area contributed by atoms with Gasteiger partial charge < -0.3 is 5.32 Å². The van der Waals surface area contributed by atoms with Crippen molar-refractivity contribution in [1.29, 1.82) is 0 Å². The first-order valence-electron chi connectivity index (χ1n) is 7.26. The minimum atomic E-state index is -3.36. The summed E-state index contributed by atoms with van der Waals surface area (Å²) in [5.41, 5.74) is 1.94. The van der Waals surface area contributed by atoms with Gasteiger partial charge in [0.1, 0.15) is 0 Å². The van der Waals surface area contributed by atoms with Crippen LogP contribution in [0.4, 0.5) is 5.69 Å². The van der Waals surface area contributed by atoms with Crippen LogP contribution in [0, 0.1) is 0 Å². The molecular weight excluding hydrogens is 312 g/mol. The second kappa shape index (κ2) is 7.28. The van der Waals surface area contributed by atoms with Gasteiger partial charge in [0.2, 0.25) is 10.0 Å². The zero-order valence-corrected chi connectivity index (χ0v) is 13.9. The minimum absolute atomic E-state index is 0.192. The summed E-state index contributed by atoms with van der Waals surface area (Å²) in [4.78, 5) is 12.2. The maximum atomic E-state index is 12.2. The van der Waals surface area contributed by atoms with E-state index in [1.807, 2.05) is 37.3 Å². The maximum Gasteiger partial charge on any atom is 0.251 e. The quantitative estimate of drug-likeness (QED) is 0.854. The standard InChI is InChI=1S/C17H20N2O3S/c1-13(14-7-4-3-5-8-14)12-18-17(20)15-9-6-10-16(11-15)19-23(2,21)22/h3-11,13,19H,12H2,1-2H3,(H,18,20)/t13-/m0/s1. The normalized spacial score (nSPS) is 12.4. The number of carbonyl (C=O) groups is 1. The maximum absolute atomic E-state index is 12.2. The smallest absolute Gasteiger partial charge is 0.251 e. The van der Waals surface area contributed by atoms with Crippen LogP contribution in [0.2, 0.25) is 0 Å². The van der Waals surface area contributed by atoms with E-state index >= 15 is 0 Å². The molecule has 1 atom stereocenters. The molecule has 0 heterocycles. The predicted octanol–water partition coefficient (Wildman–Crippen LogP) is 2.59. The summed E-state index contributed by atoms with van der Waals surface area (Å²) in [5, 5.41) is 2.87. The average Bonchev–Trinajstić information content (AvgIpc) is 2.51. The van der Waals surface area contributed by atoms with Crippen molar-refractivity contribution in [3.05, 3.63) is 65.7 Å². The fourth-order valence-corrected chi connectivity index (χ4v) is 2.74. The molecule has 2 aromatic rings. The molecule has 0 aliphatic heterocycles. The Morgan fingerprint density at radius 3 is 2.43 bits per heavy atom. The Balaban J connectivity index is 1.99. The lowest BCUT2D eigenvalue weighted by molar-refractivity contribution is 0.0951. The van der Waals surface area contributed by atoms with Gasteiger partial charge in [-0.2, -0.15) is 0 Å². The fourth-order valence-electron chi connectivity index (χ4n) is 2.19. The molecule has 23 heavy (non-hydrogen) atoms. The fraction of sp³-hybridized carbons (Fsp3) is 0.235. The van der Waals surface area contributed by atoms with Crippen molar-refractivity contribution in [3.63, 3.8) is 0 Å². The highest BCUT2D eigenvalue weighted by Crippen LogP contribution is 2.15. The first-order valence-corrected chi connectivity index (χ1v) is 9.15. The number of hydrogen-bond donors (Lipinski definition) is 2. The Kier molecular flexibility index (Phi) is 5.39. The van der Waals surface area contributed by atoms with Crippen molar-refractivity contribution in [2.24, 2.45) is 0 Å². The highest BCUT2D eigenvalue weighted by molar-refractivity contribution is 7.92. The SMILES string of the molecule is C[C@@H](CNC(=O)c1cccc(NS(C)(=O)=O)c1)c1ccccc1. The van der Waals surface area contributed by atoms with Gasteiger partial charge in [0, 0.05) is 17.8 Å². The van der Waals surface area contributed by atoms with Crippen molar-refractivity contribution in [2.75, 3.05) is 17.5 Å². The summed E-state index contributed by atoms with van der Waals surface area (Å²) in [6, 6.07) is 16.3. The van der Waals surface area contributed by atoms with Gasteiger partial charge in [0.25, 0.3) is 5.91 Å². The van der Waals surface area contributed by atoms with E-state index in [1.54, 1.807) is 18.2 Å². The lowest BCUT2D eigenvalue weighted by Crippen LogP contribution is -2.27. The zero-order chi connectivity index (χ0) is 16.9. The van der Waals surface area contributed by atoms with Gasteiger partial charge in [-0.1, -0.05) is 43.3 Å². The number of nitrogens with one attached hydrogen (secondary N) is 2. The van der Waals surface area contributed by atoms with Crippen LogP contribution >= 0.6 is 0 Å². The average molecular weight is 332 g/mol. The van der Waals surface area contributed by atoms with E-state index < -0.39 is 10.0 Å². The topological polar surface area (TPSA) is 75.3 Å². The lowest BCUT2D eigenvalue weighted by Gasteiger charge is -2.13. The van der Waals surface area contributed by atoms with Crippen LogP contribution in [0.5, 0.6) is 0 Å². The molecule has 0 saturated heterocycles. The van der Waals surface area contributed by atoms with Crippen molar-refractivity contribution in [2.45, 2.75) is 12.8 Å². The first kappa shape index (κ1) is 17.0. The molecule has 122 valence electrons. The molecule has 0 aliphatic carbocycles. The molecule has 0 radical (unpaired) electrons. The Bertz CT molecular complexity index is 773. The van der Waals surface area contributed by atoms with E-state index in [1.165, 1.54) is 6.07 Å². The number of benzene rings is 2. The summed E-state index contributed by atoms with van der Waals surface area (Å²) >= 11 is 0. The number of sulfonamides is 1. The van der Waals surface area contributed by atoms with Crippen LogP contribution in [0.25, 0.3) is 0 Å². The van der Waals surface area contributed by atoms with Gasteiger partial charge >= 0.3 is 0 Å². The highest BCUT2D eigenvalue weighted by Gasteiger charge is 2.10. The van der Waals surface area contributed by atoms with Gasteiger partial charge in [-0.05, 0) is 29.7 Å². The van der Waals surface area contributed by atoms with E-state index in [-0.39, 0.29) is 11.8 Å². The molecule has 0 aromatic heterocycles. The van der Waals surface area contributed by atoms with E-state index in [9.17, 15) is 13.2 Å². The third-order valence-corrected chi connectivity index (χ3v) is 3.97. The van der Waals surface area contributed by atoms with Gasteiger partial charge in [-0.15, -0.1) is 0 Å². The summed E-state index contributed by atoms with van der Waals surface area (Å²) in [5.74, 6) is -0.0394. The van der Waals surface area contributed by atoms with Crippen molar-refractivity contribution in [1.82, 2.24) is 5.32 Å². The molecule has 6 heteroatoms. The molecule has 0 aliphatic rings. The van der Waals surface area contributed by atoms with Crippen LogP contribution in [0.1, 0.15) is 28.8 Å². The summed E-state index contributed by atoms with van der Waals surface area (Å²) in [6.45, 7) is 2.55. The van der Waals surface area contributed by atoms with Crippen LogP contribution in [-0.2, 0) is 10.0 Å². The predicted molar refractivity (Wildman–Crippen MR) is 92.1 cm³/mol. The zero-order valence-electron chi connectivity index (χ0n) is 13.1. The molecule has 5 nitrogen and oxygen atoms in total. The lowest BCUT2D eigenvalue weighted by atomic mass is 10.0. The molecule has 0 fully saturated rings. The highest BCUT2D eigenvalue weighted by atomic mass is 32.2. The number of rotatable bonds is 6. The Morgan fingerprint density at radius 1 is 1.09 bits per heavy atom. The van der Waals surface area contributed by atoms with Crippen LogP contribution in [0.15, 0.2) is 54.6 Å². The monoisotopic (exact) mass is 332 g/mol. The molecule has 2 N–H and O–H groups in total. The van der Waals surface area contributed by atoms with E-state index in [0.29, 0.717) is 17.8 Å². The molecule has 2 aromatic carbocycles. The number of amides is 1. The molecule has 1 amide bonds. The van der Waals surface area contributed by atoms with Crippen LogP contribution in [0.3, 0.4) is 0 Å². The second-order valence-electron chi connectivity index (χ2n) is 5.48. The number of anilines is 1. The van der Waals surface area contributed by atoms with Gasteiger partial charge in [0.05, 0.1) is 6.26 Å². The van der Waals surface area contributed by atoms with Gasteiger partial charge in [0.15, 0.2) is 0 Å². The van der Waals surface area contributed by atoms with Crippen LogP contribution in [-0.4, -0.2) is 27.1 Å². The third-order valence-electron chi connectivity index (χ3n) is 3.37. The van der Waals surface area contributed by atoms with E-state index in [4.69, 9.17) is 0 Å². The van der Waals surface area contributed by atoms with E-state index in [0.717, 1.165) is 11.8 Å². The Morgan fingerprint density at radius 2 is 1.78 bits per heavy atom. The molecule has 0 unspecified atom stereocenters. The van der Waals surface area contributed by atoms with Gasteiger partial charge in [-0.25, -0.2) is 8.42 Å². The molecule has 2 rings (SSSR count). The number of carbonyl (C=O) groups excluding carboxylic acids is 1. The third kappa shape index (κ3) is 5.41. The Hall–Kier alpha value is -2.34. The first-order chi connectivity index (χ1) is 10.8. The van der Waals surface area contributed by atoms with Gasteiger partial charge in [-0.3, -0.25) is 9.52 Å². The summed E-state index contributed by atoms with van der Waals surface area (Å²) < 4.78 is 24.8. The minimum Gasteiger partial charge on any atom is -0.351 e. The largest absolute Gasteiger partial charge is 0.351 e. The summed E-state index contributed by atoms with van der Waals surface area (Å²) in [7, 11) is -3.36. The summed E-state index contributed by atoms with van der Waals surface area (Å²) in [6.07, 6.45) is 1.07. The van der Waals surface area contributed by atoms with E-state index in [2.05, 4.69) is 10.0 Å². The van der Waals surface area contributed by atoms with Crippen molar-refractivity contribution in [3.8, 4) is 0 Å².